The lowest BCUT2D eigenvalue weighted by Gasteiger charge is -2.16. The number of imidazole rings is 1. The maximum atomic E-state index is 5.43. The normalized spacial score (nSPS) is 17.8. The third kappa shape index (κ3) is 4.27. The molecule has 2 N–H and O–H groups in total. The molecular weight excluding hydrogens is 292 g/mol. The second kappa shape index (κ2) is 7.52. The fourth-order valence-electron chi connectivity index (χ4n) is 2.72. The molecule has 7 heteroatoms. The van der Waals surface area contributed by atoms with E-state index < -0.39 is 0 Å². The van der Waals surface area contributed by atoms with Crippen molar-refractivity contribution in [2.75, 3.05) is 38.7 Å². The molecule has 7 nitrogen and oxygen atoms in total. The Morgan fingerprint density at radius 1 is 1.39 bits per heavy atom. The maximum Gasteiger partial charge on any atom is 0.129 e. The van der Waals surface area contributed by atoms with Crippen LogP contribution in [0.2, 0.25) is 0 Å². The van der Waals surface area contributed by atoms with Crippen LogP contribution in [0.3, 0.4) is 0 Å². The highest BCUT2D eigenvalue weighted by Crippen LogP contribution is 2.24. The van der Waals surface area contributed by atoms with E-state index in [1.54, 1.807) is 12.7 Å². The number of rotatable bonds is 7. The SMILES string of the molecule is Cc1[nH]cnc1CN(C)CCNc1cc([C@@H]2CCOC2)ncn1. The third-order valence-corrected chi connectivity index (χ3v) is 4.19. The topological polar surface area (TPSA) is 79.0 Å². The molecule has 1 aliphatic heterocycles. The van der Waals surface area contributed by atoms with E-state index in [0.29, 0.717) is 5.92 Å². The van der Waals surface area contributed by atoms with Gasteiger partial charge >= 0.3 is 0 Å². The Hall–Kier alpha value is -1.99. The Morgan fingerprint density at radius 3 is 3.04 bits per heavy atom. The fourth-order valence-corrected chi connectivity index (χ4v) is 2.72. The number of aromatic amines is 1. The summed E-state index contributed by atoms with van der Waals surface area (Å²) in [5.41, 5.74) is 3.29. The van der Waals surface area contributed by atoms with Gasteiger partial charge in [0.1, 0.15) is 12.1 Å². The van der Waals surface area contributed by atoms with Crippen LogP contribution >= 0.6 is 0 Å². The molecular formula is C16H24N6O. The number of hydrogen-bond donors (Lipinski definition) is 2. The molecule has 0 amide bonds. The third-order valence-electron chi connectivity index (χ3n) is 4.19. The molecule has 0 aliphatic carbocycles. The van der Waals surface area contributed by atoms with Crippen LogP contribution < -0.4 is 5.32 Å². The second-order valence-corrected chi connectivity index (χ2v) is 6.03. The molecule has 3 rings (SSSR count). The molecule has 124 valence electrons. The van der Waals surface area contributed by atoms with E-state index >= 15 is 0 Å². The van der Waals surface area contributed by atoms with Gasteiger partial charge in [0, 0.05) is 43.9 Å². The van der Waals surface area contributed by atoms with Gasteiger partial charge in [-0.1, -0.05) is 0 Å². The van der Waals surface area contributed by atoms with Crippen LogP contribution in [0.25, 0.3) is 0 Å². The average molecular weight is 316 g/mol. The zero-order valence-electron chi connectivity index (χ0n) is 13.7. The summed E-state index contributed by atoms with van der Waals surface area (Å²) in [5.74, 6) is 1.29. The average Bonchev–Trinajstić information content (AvgIpc) is 3.20. The standard InChI is InChI=1S/C16H24N6O/c1-12-15(20-10-18-12)8-22(2)5-4-17-16-7-14(19-11-21-16)13-3-6-23-9-13/h7,10-11,13H,3-6,8-9H2,1-2H3,(H,18,20)(H,17,19,21)/t13-/m1/s1. The minimum Gasteiger partial charge on any atom is -0.381 e. The summed E-state index contributed by atoms with van der Waals surface area (Å²) < 4.78 is 5.43. The number of H-pyrrole nitrogens is 1. The van der Waals surface area contributed by atoms with Crippen molar-refractivity contribution in [2.24, 2.45) is 0 Å². The Morgan fingerprint density at radius 2 is 2.30 bits per heavy atom. The van der Waals surface area contributed by atoms with E-state index in [0.717, 1.165) is 62.2 Å². The van der Waals surface area contributed by atoms with Crippen molar-refractivity contribution in [3.05, 3.63) is 35.8 Å². The first kappa shape index (κ1) is 15.9. The van der Waals surface area contributed by atoms with Crippen molar-refractivity contribution in [1.29, 1.82) is 0 Å². The second-order valence-electron chi connectivity index (χ2n) is 6.03. The van der Waals surface area contributed by atoms with E-state index in [-0.39, 0.29) is 0 Å². The number of aryl methyl sites for hydroxylation is 1. The number of aromatic nitrogens is 4. The molecule has 1 atom stereocenters. The molecule has 0 saturated carbocycles. The number of ether oxygens (including phenoxy) is 1. The summed E-state index contributed by atoms with van der Waals surface area (Å²) in [5, 5.41) is 3.37. The molecule has 0 spiro atoms. The van der Waals surface area contributed by atoms with Crippen LogP contribution in [-0.2, 0) is 11.3 Å². The number of hydrogen-bond acceptors (Lipinski definition) is 6. The quantitative estimate of drug-likeness (QED) is 0.807. The van der Waals surface area contributed by atoms with Crippen molar-refractivity contribution in [1.82, 2.24) is 24.8 Å². The van der Waals surface area contributed by atoms with Crippen LogP contribution in [0, 0.1) is 6.92 Å². The van der Waals surface area contributed by atoms with Crippen LogP contribution in [0.1, 0.15) is 29.4 Å². The van der Waals surface area contributed by atoms with Gasteiger partial charge in [-0.15, -0.1) is 0 Å². The molecule has 1 fully saturated rings. The Balaban J connectivity index is 1.46. The molecule has 3 heterocycles. The molecule has 0 unspecified atom stereocenters. The molecule has 2 aromatic heterocycles. The smallest absolute Gasteiger partial charge is 0.129 e. The zero-order chi connectivity index (χ0) is 16.1. The van der Waals surface area contributed by atoms with Crippen LogP contribution in [0.15, 0.2) is 18.7 Å². The molecule has 0 radical (unpaired) electrons. The van der Waals surface area contributed by atoms with Crippen molar-refractivity contribution in [3.8, 4) is 0 Å². The molecule has 0 bridgehead atoms. The minimum absolute atomic E-state index is 0.406. The summed E-state index contributed by atoms with van der Waals surface area (Å²) in [6, 6.07) is 2.04. The number of nitrogens with zero attached hydrogens (tertiary/aromatic N) is 4. The van der Waals surface area contributed by atoms with Gasteiger partial charge in [0.05, 0.1) is 24.3 Å². The predicted molar refractivity (Wildman–Crippen MR) is 88.4 cm³/mol. The summed E-state index contributed by atoms with van der Waals surface area (Å²) in [7, 11) is 2.09. The van der Waals surface area contributed by atoms with Gasteiger partial charge in [0.25, 0.3) is 0 Å². The van der Waals surface area contributed by atoms with Crippen molar-refractivity contribution in [2.45, 2.75) is 25.8 Å². The van der Waals surface area contributed by atoms with Gasteiger partial charge in [0.2, 0.25) is 0 Å². The monoisotopic (exact) mass is 316 g/mol. The van der Waals surface area contributed by atoms with Gasteiger partial charge in [-0.2, -0.15) is 0 Å². The molecule has 23 heavy (non-hydrogen) atoms. The molecule has 0 aromatic carbocycles. The lowest BCUT2D eigenvalue weighted by atomic mass is 10.1. The van der Waals surface area contributed by atoms with E-state index in [2.05, 4.69) is 37.2 Å². The van der Waals surface area contributed by atoms with Gasteiger partial charge in [-0.25, -0.2) is 15.0 Å². The number of nitrogens with one attached hydrogen (secondary N) is 2. The van der Waals surface area contributed by atoms with E-state index in [9.17, 15) is 0 Å². The van der Waals surface area contributed by atoms with E-state index in [4.69, 9.17) is 4.74 Å². The van der Waals surface area contributed by atoms with Gasteiger partial charge < -0.3 is 15.0 Å². The Bertz CT molecular complexity index is 623. The summed E-state index contributed by atoms with van der Waals surface area (Å²) in [6.45, 7) is 6.22. The first-order valence-electron chi connectivity index (χ1n) is 8.03. The Labute approximate surface area is 136 Å². The van der Waals surface area contributed by atoms with Gasteiger partial charge in [-0.3, -0.25) is 4.90 Å². The zero-order valence-corrected chi connectivity index (χ0v) is 13.7. The lowest BCUT2D eigenvalue weighted by molar-refractivity contribution is 0.193. The number of likely N-dealkylation sites (N-methyl/N-ethyl adjacent to an activating group) is 1. The van der Waals surface area contributed by atoms with Crippen molar-refractivity contribution >= 4 is 5.82 Å². The minimum atomic E-state index is 0.406. The van der Waals surface area contributed by atoms with Crippen LogP contribution in [0.4, 0.5) is 5.82 Å². The highest BCUT2D eigenvalue weighted by molar-refractivity contribution is 5.36. The van der Waals surface area contributed by atoms with E-state index in [1.807, 2.05) is 13.0 Å². The summed E-state index contributed by atoms with van der Waals surface area (Å²) in [6.07, 6.45) is 4.42. The predicted octanol–water partition coefficient (Wildman–Crippen LogP) is 1.56. The summed E-state index contributed by atoms with van der Waals surface area (Å²) >= 11 is 0. The maximum absolute atomic E-state index is 5.43. The molecule has 1 aliphatic rings. The van der Waals surface area contributed by atoms with Gasteiger partial charge in [-0.05, 0) is 20.4 Å². The number of anilines is 1. The fraction of sp³-hybridized carbons (Fsp3) is 0.562. The molecule has 1 saturated heterocycles. The van der Waals surface area contributed by atoms with Crippen LogP contribution in [-0.4, -0.2) is 58.2 Å². The van der Waals surface area contributed by atoms with E-state index in [1.165, 1.54) is 0 Å². The first-order valence-corrected chi connectivity index (χ1v) is 8.03. The molecule has 2 aromatic rings. The largest absolute Gasteiger partial charge is 0.381 e. The van der Waals surface area contributed by atoms with Gasteiger partial charge in [0.15, 0.2) is 0 Å². The van der Waals surface area contributed by atoms with Crippen molar-refractivity contribution in [3.63, 3.8) is 0 Å². The highest BCUT2D eigenvalue weighted by atomic mass is 16.5. The van der Waals surface area contributed by atoms with Crippen LogP contribution in [0.5, 0.6) is 0 Å². The Kier molecular flexibility index (Phi) is 5.19. The van der Waals surface area contributed by atoms with Crippen molar-refractivity contribution < 1.29 is 4.74 Å². The lowest BCUT2D eigenvalue weighted by Crippen LogP contribution is -2.25. The summed E-state index contributed by atoms with van der Waals surface area (Å²) in [4.78, 5) is 18.3. The highest BCUT2D eigenvalue weighted by Gasteiger charge is 2.19. The first-order chi connectivity index (χ1) is 11.2.